The van der Waals surface area contributed by atoms with Gasteiger partial charge in [0.25, 0.3) is 0 Å². The van der Waals surface area contributed by atoms with E-state index in [0.717, 1.165) is 0 Å². The van der Waals surface area contributed by atoms with E-state index in [0.29, 0.717) is 5.02 Å². The number of hydrogen-bond acceptors (Lipinski definition) is 3. The molecule has 0 aromatic heterocycles. The first-order valence-electron chi connectivity index (χ1n) is 3.27. The summed E-state index contributed by atoms with van der Waals surface area (Å²) >= 11 is 5.56. The summed E-state index contributed by atoms with van der Waals surface area (Å²) in [5, 5.41) is 17.5. The van der Waals surface area contributed by atoms with Crippen LogP contribution in [0.15, 0.2) is 24.3 Å². The predicted octanol–water partition coefficient (Wildman–Crippen LogP) is 0.833. The lowest BCUT2D eigenvalue weighted by atomic mass is 10.1. The van der Waals surface area contributed by atoms with Crippen molar-refractivity contribution in [2.45, 2.75) is 6.29 Å². The second-order valence-corrected chi connectivity index (χ2v) is 2.68. The van der Waals surface area contributed by atoms with Crippen molar-refractivity contribution in [1.82, 2.24) is 0 Å². The topological polar surface area (TPSA) is 57.5 Å². The number of rotatable bonds is 2. The van der Waals surface area contributed by atoms with Gasteiger partial charge in [-0.05, 0) is 24.3 Å². The van der Waals surface area contributed by atoms with Gasteiger partial charge < -0.3 is 10.2 Å². The minimum Gasteiger partial charge on any atom is -0.362 e. The van der Waals surface area contributed by atoms with E-state index in [-0.39, 0.29) is 5.56 Å². The third-order valence-corrected chi connectivity index (χ3v) is 1.62. The first-order valence-corrected chi connectivity index (χ1v) is 3.65. The van der Waals surface area contributed by atoms with Gasteiger partial charge >= 0.3 is 0 Å². The molecule has 0 atom stereocenters. The molecule has 12 heavy (non-hydrogen) atoms. The highest BCUT2D eigenvalue weighted by atomic mass is 35.5. The smallest absolute Gasteiger partial charge is 0.218 e. The normalized spacial score (nSPS) is 10.3. The molecule has 0 spiro atoms. The molecule has 0 aliphatic rings. The Morgan fingerprint density at radius 2 is 1.75 bits per heavy atom. The Morgan fingerprint density at radius 3 is 2.17 bits per heavy atom. The monoisotopic (exact) mass is 186 g/mol. The van der Waals surface area contributed by atoms with Gasteiger partial charge in [0, 0.05) is 10.6 Å². The second-order valence-electron chi connectivity index (χ2n) is 2.24. The summed E-state index contributed by atoms with van der Waals surface area (Å²) in [6, 6.07) is 5.89. The molecule has 0 heterocycles. The Hall–Kier alpha value is -0.900. The van der Waals surface area contributed by atoms with E-state index < -0.39 is 12.1 Å². The summed E-state index contributed by atoms with van der Waals surface area (Å²) in [5.74, 6) is -0.730. The van der Waals surface area contributed by atoms with Gasteiger partial charge in [-0.3, -0.25) is 4.79 Å². The molecule has 0 radical (unpaired) electrons. The van der Waals surface area contributed by atoms with Crippen LogP contribution in [0.1, 0.15) is 10.4 Å². The SMILES string of the molecule is O=C(c1ccc(Cl)cc1)C(O)O. The summed E-state index contributed by atoms with van der Waals surface area (Å²) < 4.78 is 0. The van der Waals surface area contributed by atoms with E-state index in [1.165, 1.54) is 24.3 Å². The van der Waals surface area contributed by atoms with Crippen LogP contribution in [-0.4, -0.2) is 22.3 Å². The van der Waals surface area contributed by atoms with Crippen molar-refractivity contribution < 1.29 is 15.0 Å². The Bertz CT molecular complexity index is 279. The third-order valence-electron chi connectivity index (χ3n) is 1.36. The van der Waals surface area contributed by atoms with E-state index in [1.807, 2.05) is 0 Å². The molecule has 1 aromatic rings. The first-order chi connectivity index (χ1) is 5.61. The molecule has 0 saturated carbocycles. The average molecular weight is 187 g/mol. The lowest BCUT2D eigenvalue weighted by Crippen LogP contribution is -2.18. The molecule has 0 aliphatic carbocycles. The number of Topliss-reactive ketones (excluding diaryl/α,β-unsaturated/α-hetero) is 1. The predicted molar refractivity (Wildman–Crippen MR) is 44.0 cm³/mol. The van der Waals surface area contributed by atoms with Gasteiger partial charge in [-0.2, -0.15) is 0 Å². The maximum absolute atomic E-state index is 10.9. The van der Waals surface area contributed by atoms with Gasteiger partial charge in [0.1, 0.15) is 0 Å². The van der Waals surface area contributed by atoms with E-state index >= 15 is 0 Å². The standard InChI is InChI=1S/C8H7ClO3/c9-6-3-1-5(2-4-6)7(10)8(11)12/h1-4,8,11-12H. The lowest BCUT2D eigenvalue weighted by Gasteiger charge is -2.01. The molecule has 0 saturated heterocycles. The van der Waals surface area contributed by atoms with Crippen molar-refractivity contribution in [3.8, 4) is 0 Å². The highest BCUT2D eigenvalue weighted by molar-refractivity contribution is 6.30. The third kappa shape index (κ3) is 2.04. The Kier molecular flexibility index (Phi) is 2.81. The Morgan fingerprint density at radius 1 is 1.25 bits per heavy atom. The molecule has 3 nitrogen and oxygen atoms in total. The Labute approximate surface area is 74.2 Å². The fourth-order valence-electron chi connectivity index (χ4n) is 0.763. The summed E-state index contributed by atoms with van der Waals surface area (Å²) in [5.41, 5.74) is 0.231. The van der Waals surface area contributed by atoms with Gasteiger partial charge in [0.2, 0.25) is 12.1 Å². The molecule has 0 aliphatic heterocycles. The van der Waals surface area contributed by atoms with Crippen LogP contribution in [0.2, 0.25) is 5.02 Å². The van der Waals surface area contributed by atoms with Crippen LogP contribution >= 0.6 is 11.6 Å². The molecule has 64 valence electrons. The molecule has 0 unspecified atom stereocenters. The maximum atomic E-state index is 10.9. The van der Waals surface area contributed by atoms with E-state index in [1.54, 1.807) is 0 Å². The molecular formula is C8H7ClO3. The molecule has 0 bridgehead atoms. The quantitative estimate of drug-likeness (QED) is 0.532. The molecule has 0 fully saturated rings. The zero-order valence-electron chi connectivity index (χ0n) is 6.07. The van der Waals surface area contributed by atoms with Crippen LogP contribution in [0, 0.1) is 0 Å². The van der Waals surface area contributed by atoms with Crippen LogP contribution in [0.4, 0.5) is 0 Å². The van der Waals surface area contributed by atoms with Crippen LogP contribution in [0.25, 0.3) is 0 Å². The van der Waals surface area contributed by atoms with Gasteiger partial charge in [0.05, 0.1) is 0 Å². The minimum absolute atomic E-state index is 0.231. The molecule has 1 aromatic carbocycles. The number of benzene rings is 1. The van der Waals surface area contributed by atoms with Gasteiger partial charge in [-0.15, -0.1) is 0 Å². The highest BCUT2D eigenvalue weighted by Crippen LogP contribution is 2.10. The van der Waals surface area contributed by atoms with Crippen molar-refractivity contribution in [2.75, 3.05) is 0 Å². The number of carbonyl (C=O) groups excluding carboxylic acids is 1. The second kappa shape index (κ2) is 3.67. The van der Waals surface area contributed by atoms with E-state index in [4.69, 9.17) is 21.8 Å². The van der Waals surface area contributed by atoms with Gasteiger partial charge in [-0.1, -0.05) is 11.6 Å². The summed E-state index contributed by atoms with van der Waals surface area (Å²) in [4.78, 5) is 10.9. The summed E-state index contributed by atoms with van der Waals surface area (Å²) in [6.45, 7) is 0. The molecule has 4 heteroatoms. The largest absolute Gasteiger partial charge is 0.362 e. The fraction of sp³-hybridized carbons (Fsp3) is 0.125. The van der Waals surface area contributed by atoms with Crippen molar-refractivity contribution in [2.24, 2.45) is 0 Å². The van der Waals surface area contributed by atoms with Crippen molar-refractivity contribution in [3.05, 3.63) is 34.9 Å². The number of aliphatic hydroxyl groups excluding tert-OH is 1. The Balaban J connectivity index is 2.90. The van der Waals surface area contributed by atoms with Crippen LogP contribution in [-0.2, 0) is 0 Å². The van der Waals surface area contributed by atoms with Gasteiger partial charge in [0.15, 0.2) is 0 Å². The van der Waals surface area contributed by atoms with Crippen molar-refractivity contribution in [3.63, 3.8) is 0 Å². The number of hydrogen-bond donors (Lipinski definition) is 2. The molecule has 0 amide bonds. The number of halogens is 1. The maximum Gasteiger partial charge on any atom is 0.218 e. The fourth-order valence-corrected chi connectivity index (χ4v) is 0.889. The van der Waals surface area contributed by atoms with Crippen molar-refractivity contribution >= 4 is 17.4 Å². The van der Waals surface area contributed by atoms with Crippen LogP contribution in [0.5, 0.6) is 0 Å². The minimum atomic E-state index is -1.95. The van der Waals surface area contributed by atoms with Crippen molar-refractivity contribution in [1.29, 1.82) is 0 Å². The van der Waals surface area contributed by atoms with Gasteiger partial charge in [-0.25, -0.2) is 0 Å². The molecule has 1 rings (SSSR count). The first kappa shape index (κ1) is 9.19. The average Bonchev–Trinajstić information content (AvgIpc) is 2.04. The zero-order chi connectivity index (χ0) is 9.14. The molecular weight excluding hydrogens is 180 g/mol. The number of aliphatic hydroxyl groups is 2. The van der Waals surface area contributed by atoms with E-state index in [2.05, 4.69) is 0 Å². The molecule has 2 N–H and O–H groups in total. The zero-order valence-corrected chi connectivity index (χ0v) is 6.82. The summed E-state index contributed by atoms with van der Waals surface area (Å²) in [7, 11) is 0. The lowest BCUT2D eigenvalue weighted by molar-refractivity contribution is -0.0195. The van der Waals surface area contributed by atoms with Crippen LogP contribution in [0.3, 0.4) is 0 Å². The van der Waals surface area contributed by atoms with E-state index in [9.17, 15) is 4.79 Å². The number of ketones is 1. The number of carbonyl (C=O) groups is 1. The summed E-state index contributed by atoms with van der Waals surface area (Å²) in [6.07, 6.45) is -1.95. The highest BCUT2D eigenvalue weighted by Gasteiger charge is 2.12. The van der Waals surface area contributed by atoms with Crippen LogP contribution < -0.4 is 0 Å².